The summed E-state index contributed by atoms with van der Waals surface area (Å²) in [5, 5.41) is 8.30. The third kappa shape index (κ3) is 2.26. The number of ether oxygens (including phenoxy) is 1. The Morgan fingerprint density at radius 3 is 3.18 bits per heavy atom. The maximum Gasteiger partial charge on any atom is 0.127 e. The zero-order valence-corrected chi connectivity index (χ0v) is 10.8. The number of rotatable bonds is 3. The van der Waals surface area contributed by atoms with Crippen LogP contribution in [0.5, 0.6) is 5.75 Å². The molecule has 3 rings (SSSR count). The Bertz CT molecular complexity index is 524. The SMILES string of the molecule is Clc1cc2c(c(CNc3ccsc3)c1)OCC2. The second-order valence-corrected chi connectivity index (χ2v) is 5.23. The van der Waals surface area contributed by atoms with Gasteiger partial charge in [0.1, 0.15) is 5.75 Å². The molecule has 1 aromatic carbocycles. The molecule has 0 saturated carbocycles. The van der Waals surface area contributed by atoms with Crippen molar-refractivity contribution < 1.29 is 4.74 Å². The quantitative estimate of drug-likeness (QED) is 0.907. The van der Waals surface area contributed by atoms with Crippen molar-refractivity contribution in [1.82, 2.24) is 0 Å². The van der Waals surface area contributed by atoms with Crippen molar-refractivity contribution >= 4 is 28.6 Å². The van der Waals surface area contributed by atoms with Crippen LogP contribution in [0.25, 0.3) is 0 Å². The monoisotopic (exact) mass is 265 g/mol. The predicted molar refractivity (Wildman–Crippen MR) is 72.3 cm³/mol. The molecular weight excluding hydrogens is 254 g/mol. The van der Waals surface area contributed by atoms with E-state index in [1.807, 2.05) is 12.1 Å². The van der Waals surface area contributed by atoms with Crippen LogP contribution in [0.4, 0.5) is 5.69 Å². The minimum Gasteiger partial charge on any atom is -0.493 e. The normalized spacial score (nSPS) is 13.2. The molecular formula is C13H12ClNOS. The Kier molecular flexibility index (Phi) is 2.95. The molecule has 0 aliphatic carbocycles. The average Bonchev–Trinajstić information content (AvgIpc) is 2.95. The number of anilines is 1. The first-order chi connectivity index (χ1) is 8.33. The molecule has 88 valence electrons. The van der Waals surface area contributed by atoms with E-state index in [4.69, 9.17) is 16.3 Å². The van der Waals surface area contributed by atoms with Gasteiger partial charge in [-0.3, -0.25) is 0 Å². The smallest absolute Gasteiger partial charge is 0.127 e. The molecule has 0 fully saturated rings. The Balaban J connectivity index is 1.83. The summed E-state index contributed by atoms with van der Waals surface area (Å²) in [6.45, 7) is 1.51. The summed E-state index contributed by atoms with van der Waals surface area (Å²) in [7, 11) is 0. The van der Waals surface area contributed by atoms with E-state index >= 15 is 0 Å². The van der Waals surface area contributed by atoms with E-state index < -0.39 is 0 Å². The molecule has 0 amide bonds. The zero-order valence-electron chi connectivity index (χ0n) is 9.20. The van der Waals surface area contributed by atoms with E-state index in [2.05, 4.69) is 22.1 Å². The number of fused-ring (bicyclic) bond motifs is 1. The molecule has 0 unspecified atom stereocenters. The first-order valence-electron chi connectivity index (χ1n) is 5.53. The minimum absolute atomic E-state index is 0.750. The van der Waals surface area contributed by atoms with E-state index in [9.17, 15) is 0 Å². The molecule has 0 bridgehead atoms. The molecule has 0 atom stereocenters. The Labute approximate surface area is 109 Å². The number of nitrogens with one attached hydrogen (secondary N) is 1. The van der Waals surface area contributed by atoms with E-state index in [-0.39, 0.29) is 0 Å². The Morgan fingerprint density at radius 2 is 2.35 bits per heavy atom. The highest BCUT2D eigenvalue weighted by atomic mass is 35.5. The van der Waals surface area contributed by atoms with Crippen molar-refractivity contribution in [2.24, 2.45) is 0 Å². The summed E-state index contributed by atoms with van der Waals surface area (Å²) in [5.41, 5.74) is 3.50. The summed E-state index contributed by atoms with van der Waals surface area (Å²) in [6, 6.07) is 6.04. The highest BCUT2D eigenvalue weighted by Crippen LogP contribution is 2.33. The molecule has 1 aromatic heterocycles. The molecule has 2 aromatic rings. The van der Waals surface area contributed by atoms with Crippen LogP contribution in [0, 0.1) is 0 Å². The third-order valence-electron chi connectivity index (χ3n) is 2.83. The van der Waals surface area contributed by atoms with Crippen LogP contribution in [0.3, 0.4) is 0 Å². The van der Waals surface area contributed by atoms with Gasteiger partial charge < -0.3 is 10.1 Å². The summed E-state index contributed by atoms with van der Waals surface area (Å²) in [5.74, 6) is 1.01. The van der Waals surface area contributed by atoms with Crippen LogP contribution in [-0.2, 0) is 13.0 Å². The van der Waals surface area contributed by atoms with Crippen LogP contribution < -0.4 is 10.1 Å². The largest absolute Gasteiger partial charge is 0.493 e. The summed E-state index contributed by atoms with van der Waals surface area (Å²) >= 11 is 7.79. The lowest BCUT2D eigenvalue weighted by Crippen LogP contribution is -2.00. The molecule has 1 aliphatic rings. The highest BCUT2D eigenvalue weighted by molar-refractivity contribution is 7.08. The number of benzene rings is 1. The minimum atomic E-state index is 0.750. The molecule has 2 heterocycles. The van der Waals surface area contributed by atoms with Crippen LogP contribution in [0.1, 0.15) is 11.1 Å². The maximum absolute atomic E-state index is 6.11. The van der Waals surface area contributed by atoms with Gasteiger partial charge in [-0.2, -0.15) is 11.3 Å². The van der Waals surface area contributed by atoms with Crippen molar-refractivity contribution in [3.63, 3.8) is 0 Å². The lowest BCUT2D eigenvalue weighted by Gasteiger charge is -2.10. The van der Waals surface area contributed by atoms with Crippen LogP contribution in [0.2, 0.25) is 5.02 Å². The fourth-order valence-electron chi connectivity index (χ4n) is 2.04. The highest BCUT2D eigenvalue weighted by Gasteiger charge is 2.17. The van der Waals surface area contributed by atoms with E-state index in [1.54, 1.807) is 11.3 Å². The molecule has 2 nitrogen and oxygen atoms in total. The number of hydrogen-bond acceptors (Lipinski definition) is 3. The van der Waals surface area contributed by atoms with Gasteiger partial charge in [0.05, 0.1) is 6.61 Å². The molecule has 17 heavy (non-hydrogen) atoms. The predicted octanol–water partition coefficient (Wildman–Crippen LogP) is 3.95. The van der Waals surface area contributed by atoms with Crippen LogP contribution >= 0.6 is 22.9 Å². The maximum atomic E-state index is 6.11. The summed E-state index contributed by atoms with van der Waals surface area (Å²) in [4.78, 5) is 0. The third-order valence-corrected chi connectivity index (χ3v) is 3.73. The number of thiophene rings is 1. The fourth-order valence-corrected chi connectivity index (χ4v) is 2.92. The summed E-state index contributed by atoms with van der Waals surface area (Å²) < 4.78 is 5.66. The van der Waals surface area contributed by atoms with Gasteiger partial charge in [0.2, 0.25) is 0 Å². The van der Waals surface area contributed by atoms with Gasteiger partial charge in [-0.05, 0) is 29.1 Å². The van der Waals surface area contributed by atoms with Gasteiger partial charge in [-0.25, -0.2) is 0 Å². The fraction of sp³-hybridized carbons (Fsp3) is 0.231. The number of hydrogen-bond donors (Lipinski definition) is 1. The lowest BCUT2D eigenvalue weighted by atomic mass is 10.1. The molecule has 0 spiro atoms. The van der Waals surface area contributed by atoms with Crippen LogP contribution in [0.15, 0.2) is 29.0 Å². The van der Waals surface area contributed by atoms with Crippen LogP contribution in [-0.4, -0.2) is 6.61 Å². The van der Waals surface area contributed by atoms with E-state index in [0.29, 0.717) is 0 Å². The van der Waals surface area contributed by atoms with Gasteiger partial charge in [0.15, 0.2) is 0 Å². The molecule has 4 heteroatoms. The first kappa shape index (κ1) is 10.9. The van der Waals surface area contributed by atoms with E-state index in [0.717, 1.165) is 41.6 Å². The van der Waals surface area contributed by atoms with E-state index in [1.165, 1.54) is 5.56 Å². The second-order valence-electron chi connectivity index (χ2n) is 4.02. The van der Waals surface area contributed by atoms with Crippen molar-refractivity contribution in [3.05, 3.63) is 45.1 Å². The first-order valence-corrected chi connectivity index (χ1v) is 6.85. The molecule has 1 aliphatic heterocycles. The standard InChI is InChI=1S/C13H12ClNOS/c14-11-5-9-1-3-16-13(9)10(6-11)7-15-12-2-4-17-8-12/h2,4-6,8,15H,1,3,7H2. The van der Waals surface area contributed by atoms with Crippen molar-refractivity contribution in [3.8, 4) is 5.75 Å². The zero-order chi connectivity index (χ0) is 11.7. The van der Waals surface area contributed by atoms with Gasteiger partial charge in [-0.15, -0.1) is 0 Å². The van der Waals surface area contributed by atoms with Crippen molar-refractivity contribution in [2.45, 2.75) is 13.0 Å². The van der Waals surface area contributed by atoms with Crippen molar-refractivity contribution in [2.75, 3.05) is 11.9 Å². The van der Waals surface area contributed by atoms with Gasteiger partial charge in [0.25, 0.3) is 0 Å². The molecule has 0 saturated heterocycles. The van der Waals surface area contributed by atoms with Gasteiger partial charge in [-0.1, -0.05) is 11.6 Å². The van der Waals surface area contributed by atoms with Gasteiger partial charge in [0, 0.05) is 34.6 Å². The molecule has 0 radical (unpaired) electrons. The topological polar surface area (TPSA) is 21.3 Å². The van der Waals surface area contributed by atoms with Gasteiger partial charge >= 0.3 is 0 Å². The molecule has 1 N–H and O–H groups in total. The summed E-state index contributed by atoms with van der Waals surface area (Å²) in [6.07, 6.45) is 0.960. The van der Waals surface area contributed by atoms with Crippen molar-refractivity contribution in [1.29, 1.82) is 0 Å². The lowest BCUT2D eigenvalue weighted by molar-refractivity contribution is 0.354. The second kappa shape index (κ2) is 4.59. The number of halogens is 1. The Hall–Kier alpha value is -1.19. The average molecular weight is 266 g/mol. The Morgan fingerprint density at radius 1 is 1.41 bits per heavy atom.